The van der Waals surface area contributed by atoms with E-state index in [9.17, 15) is 9.59 Å². The van der Waals surface area contributed by atoms with E-state index in [4.69, 9.17) is 10.5 Å². The van der Waals surface area contributed by atoms with Gasteiger partial charge in [0.15, 0.2) is 0 Å². The Morgan fingerprint density at radius 3 is 2.71 bits per heavy atom. The molecule has 3 N–H and O–H groups in total. The molecule has 1 atom stereocenters. The molecule has 0 radical (unpaired) electrons. The first-order valence-electron chi connectivity index (χ1n) is 10.1. The summed E-state index contributed by atoms with van der Waals surface area (Å²) in [6, 6.07) is 7.76. The van der Waals surface area contributed by atoms with Gasteiger partial charge in [-0.25, -0.2) is 0 Å². The molecule has 3 rings (SSSR count). The van der Waals surface area contributed by atoms with E-state index < -0.39 is 5.54 Å². The van der Waals surface area contributed by atoms with Crippen molar-refractivity contribution >= 4 is 17.5 Å². The predicted octanol–water partition coefficient (Wildman–Crippen LogP) is 2.17. The van der Waals surface area contributed by atoms with Crippen molar-refractivity contribution in [1.29, 1.82) is 0 Å². The summed E-state index contributed by atoms with van der Waals surface area (Å²) in [5.41, 5.74) is 7.58. The molecule has 0 bridgehead atoms. The molecule has 0 aromatic heterocycles. The molecular weight excluding hydrogens is 354 g/mol. The lowest BCUT2D eigenvalue weighted by Gasteiger charge is -2.33. The smallest absolute Gasteiger partial charge is 0.250 e. The van der Waals surface area contributed by atoms with Crippen LogP contribution in [0.3, 0.4) is 0 Å². The van der Waals surface area contributed by atoms with Crippen molar-refractivity contribution in [3.8, 4) is 0 Å². The average molecular weight is 386 g/mol. The van der Waals surface area contributed by atoms with E-state index in [1.165, 1.54) is 5.56 Å². The van der Waals surface area contributed by atoms with Crippen molar-refractivity contribution in [1.82, 2.24) is 5.32 Å². The maximum Gasteiger partial charge on any atom is 0.250 e. The fraction of sp³-hybridized carbons (Fsp3) is 0.545. The van der Waals surface area contributed by atoms with Crippen LogP contribution in [0.25, 0.3) is 0 Å². The molecule has 1 unspecified atom stereocenters. The van der Waals surface area contributed by atoms with E-state index in [-0.39, 0.29) is 17.9 Å². The number of hydrogen-bond donors (Lipinski definition) is 2. The third kappa shape index (κ3) is 4.80. The number of nitrogens with two attached hydrogens (primary N) is 1. The largest absolute Gasteiger partial charge is 0.381 e. The lowest BCUT2D eigenvalue weighted by Crippen LogP contribution is -2.58. The highest BCUT2D eigenvalue weighted by molar-refractivity contribution is 6.03. The molecule has 1 aromatic carbocycles. The second kappa shape index (κ2) is 8.88. The van der Waals surface area contributed by atoms with Crippen molar-refractivity contribution in [2.75, 3.05) is 24.7 Å². The molecular formula is C22H31N3O3. The number of nitrogens with one attached hydrogen (secondary N) is 1. The first kappa shape index (κ1) is 20.6. The van der Waals surface area contributed by atoms with Gasteiger partial charge >= 0.3 is 0 Å². The monoisotopic (exact) mass is 385 g/mol. The Hall–Kier alpha value is -2.18. The van der Waals surface area contributed by atoms with Gasteiger partial charge in [0, 0.05) is 37.6 Å². The highest BCUT2D eigenvalue weighted by Crippen LogP contribution is 2.27. The molecule has 0 saturated carbocycles. The summed E-state index contributed by atoms with van der Waals surface area (Å²) in [6.45, 7) is 5.88. The molecule has 1 saturated heterocycles. The molecule has 152 valence electrons. The summed E-state index contributed by atoms with van der Waals surface area (Å²) in [6.07, 6.45) is 6.05. The SMILES string of the molecule is CC(C)CC(C=CC(=O)N1CCc2ccccc21)NC(=O)C1(N)CCOCC1. The van der Waals surface area contributed by atoms with Crippen LogP contribution >= 0.6 is 0 Å². The molecule has 1 aromatic rings. The molecule has 2 amide bonds. The highest BCUT2D eigenvalue weighted by atomic mass is 16.5. The van der Waals surface area contributed by atoms with Gasteiger partial charge in [-0.2, -0.15) is 0 Å². The second-order valence-electron chi connectivity index (χ2n) is 8.21. The molecule has 6 heteroatoms. The standard InChI is InChI=1S/C22H31N3O3/c1-16(2)15-18(24-21(27)22(23)10-13-28-14-11-22)7-8-20(26)25-12-9-17-5-3-4-6-19(17)25/h3-8,16,18H,9-15,23H2,1-2H3,(H,24,27). The van der Waals surface area contributed by atoms with Gasteiger partial charge in [0.2, 0.25) is 5.91 Å². The molecule has 0 aliphatic carbocycles. The summed E-state index contributed by atoms with van der Waals surface area (Å²) in [4.78, 5) is 27.3. The van der Waals surface area contributed by atoms with Crippen LogP contribution in [0.5, 0.6) is 0 Å². The fourth-order valence-electron chi connectivity index (χ4n) is 3.82. The van der Waals surface area contributed by atoms with Gasteiger partial charge < -0.3 is 20.7 Å². The number of carbonyl (C=O) groups is 2. The Kier molecular flexibility index (Phi) is 6.52. The number of nitrogens with zero attached hydrogens (tertiary/aromatic N) is 1. The third-order valence-corrected chi connectivity index (χ3v) is 5.50. The maximum atomic E-state index is 12.8. The van der Waals surface area contributed by atoms with Gasteiger partial charge in [-0.05, 0) is 43.2 Å². The zero-order valence-electron chi connectivity index (χ0n) is 16.8. The zero-order chi connectivity index (χ0) is 20.1. The van der Waals surface area contributed by atoms with Gasteiger partial charge in [-0.15, -0.1) is 0 Å². The Bertz CT molecular complexity index is 738. The molecule has 2 aliphatic rings. The topological polar surface area (TPSA) is 84.7 Å². The summed E-state index contributed by atoms with van der Waals surface area (Å²) < 4.78 is 5.33. The summed E-state index contributed by atoms with van der Waals surface area (Å²) in [7, 11) is 0. The predicted molar refractivity (Wildman–Crippen MR) is 110 cm³/mol. The number of hydrogen-bond acceptors (Lipinski definition) is 4. The summed E-state index contributed by atoms with van der Waals surface area (Å²) in [5.74, 6) is 0.160. The first-order valence-corrected chi connectivity index (χ1v) is 10.1. The Labute approximate surface area is 167 Å². The number of rotatable bonds is 6. The van der Waals surface area contributed by atoms with Gasteiger partial charge in [0.05, 0.1) is 5.54 Å². The van der Waals surface area contributed by atoms with Crippen LogP contribution in [-0.4, -0.2) is 43.2 Å². The van der Waals surface area contributed by atoms with E-state index in [0.29, 0.717) is 38.5 Å². The summed E-state index contributed by atoms with van der Waals surface area (Å²) in [5, 5.41) is 3.05. The molecule has 28 heavy (non-hydrogen) atoms. The van der Waals surface area contributed by atoms with Crippen LogP contribution in [-0.2, 0) is 20.7 Å². The summed E-state index contributed by atoms with van der Waals surface area (Å²) >= 11 is 0. The molecule has 6 nitrogen and oxygen atoms in total. The van der Waals surface area contributed by atoms with Crippen molar-refractivity contribution in [2.45, 2.75) is 51.1 Å². The Morgan fingerprint density at radius 2 is 2.00 bits per heavy atom. The van der Waals surface area contributed by atoms with Crippen LogP contribution in [0.15, 0.2) is 36.4 Å². The molecule has 2 aliphatic heterocycles. The number of carbonyl (C=O) groups excluding carboxylic acids is 2. The van der Waals surface area contributed by atoms with Gasteiger partial charge in [-0.1, -0.05) is 38.1 Å². The Balaban J connectivity index is 1.66. The lowest BCUT2D eigenvalue weighted by atomic mass is 9.89. The zero-order valence-corrected chi connectivity index (χ0v) is 16.8. The minimum absolute atomic E-state index is 0.0542. The average Bonchev–Trinajstić information content (AvgIpc) is 3.10. The molecule has 1 fully saturated rings. The number of benzene rings is 1. The second-order valence-corrected chi connectivity index (χ2v) is 8.21. The number of ether oxygens (including phenoxy) is 1. The van der Waals surface area contributed by atoms with Gasteiger partial charge in [-0.3, -0.25) is 9.59 Å². The quantitative estimate of drug-likeness (QED) is 0.735. The number of anilines is 1. The van der Waals surface area contributed by atoms with Crippen LogP contribution in [0.4, 0.5) is 5.69 Å². The number of para-hydroxylation sites is 1. The molecule has 0 spiro atoms. The van der Waals surface area contributed by atoms with Crippen molar-refractivity contribution in [2.24, 2.45) is 11.7 Å². The normalized spacial score (nSPS) is 19.6. The lowest BCUT2D eigenvalue weighted by molar-refractivity contribution is -0.130. The number of amides is 2. The van der Waals surface area contributed by atoms with Crippen LogP contribution in [0.1, 0.15) is 38.7 Å². The van der Waals surface area contributed by atoms with Gasteiger partial charge in [0.25, 0.3) is 5.91 Å². The Morgan fingerprint density at radius 1 is 1.29 bits per heavy atom. The van der Waals surface area contributed by atoms with E-state index in [1.807, 2.05) is 24.3 Å². The molecule has 2 heterocycles. The van der Waals surface area contributed by atoms with Crippen molar-refractivity contribution in [3.05, 3.63) is 42.0 Å². The van der Waals surface area contributed by atoms with Crippen molar-refractivity contribution < 1.29 is 14.3 Å². The van der Waals surface area contributed by atoms with E-state index >= 15 is 0 Å². The minimum Gasteiger partial charge on any atom is -0.381 e. The minimum atomic E-state index is -0.890. The van der Waals surface area contributed by atoms with E-state index in [2.05, 4.69) is 25.2 Å². The van der Waals surface area contributed by atoms with E-state index in [1.54, 1.807) is 11.0 Å². The van der Waals surface area contributed by atoms with Crippen LogP contribution < -0.4 is 16.0 Å². The van der Waals surface area contributed by atoms with Gasteiger partial charge in [0.1, 0.15) is 0 Å². The highest BCUT2D eigenvalue weighted by Gasteiger charge is 2.36. The van der Waals surface area contributed by atoms with Crippen LogP contribution in [0, 0.1) is 5.92 Å². The van der Waals surface area contributed by atoms with Crippen molar-refractivity contribution in [3.63, 3.8) is 0 Å². The number of fused-ring (bicyclic) bond motifs is 1. The third-order valence-electron chi connectivity index (χ3n) is 5.50. The maximum absolute atomic E-state index is 12.8. The van der Waals surface area contributed by atoms with Crippen LogP contribution in [0.2, 0.25) is 0 Å². The van der Waals surface area contributed by atoms with E-state index in [0.717, 1.165) is 18.5 Å². The fourth-order valence-corrected chi connectivity index (χ4v) is 3.82. The first-order chi connectivity index (χ1) is 13.4.